The van der Waals surface area contributed by atoms with Crippen molar-refractivity contribution in [2.75, 3.05) is 20.1 Å². The molecule has 0 unspecified atom stereocenters. The number of hydrogen-bond donors (Lipinski definition) is 1. The van der Waals surface area contributed by atoms with Crippen molar-refractivity contribution in [3.8, 4) is 0 Å². The van der Waals surface area contributed by atoms with Gasteiger partial charge in [0.2, 0.25) is 0 Å². The third kappa shape index (κ3) is 4.47. The van der Waals surface area contributed by atoms with Gasteiger partial charge >= 0.3 is 6.18 Å². The molecule has 0 spiro atoms. The normalized spacial score (nSPS) is 21.5. The number of rotatable bonds is 4. The molecule has 1 aliphatic carbocycles. The lowest BCUT2D eigenvalue weighted by Crippen LogP contribution is -2.52. The summed E-state index contributed by atoms with van der Waals surface area (Å²) < 4.78 is 36.7. The third-order valence-electron chi connectivity index (χ3n) is 3.95. The van der Waals surface area contributed by atoms with Crippen LogP contribution >= 0.6 is 0 Å². The lowest BCUT2D eigenvalue weighted by molar-refractivity contribution is -0.140. The summed E-state index contributed by atoms with van der Waals surface area (Å²) in [6, 6.07) is 0. The maximum atomic E-state index is 12.2. The van der Waals surface area contributed by atoms with Crippen LogP contribution < -0.4 is 5.73 Å². The molecular weight excluding hydrogens is 229 g/mol. The molecule has 1 fully saturated rings. The van der Waals surface area contributed by atoms with Crippen LogP contribution in [-0.4, -0.2) is 36.8 Å². The van der Waals surface area contributed by atoms with Crippen molar-refractivity contribution in [3.63, 3.8) is 0 Å². The molecule has 1 aliphatic rings. The maximum absolute atomic E-state index is 12.2. The molecule has 0 amide bonds. The second-order valence-electron chi connectivity index (χ2n) is 5.13. The summed E-state index contributed by atoms with van der Waals surface area (Å²) in [7, 11) is 1.78. The van der Waals surface area contributed by atoms with Crippen LogP contribution in [0.1, 0.15) is 44.9 Å². The van der Waals surface area contributed by atoms with Crippen LogP contribution in [0.3, 0.4) is 0 Å². The fraction of sp³-hybridized carbons (Fsp3) is 1.00. The standard InChI is InChI=1S/C12H23F3N2/c1-17(9-8-12(13,14)15)11(10-16)6-4-2-3-5-7-11/h2-10,16H2,1H3. The molecule has 1 rings (SSSR count). The van der Waals surface area contributed by atoms with E-state index in [2.05, 4.69) is 0 Å². The highest BCUT2D eigenvalue weighted by Gasteiger charge is 2.36. The van der Waals surface area contributed by atoms with E-state index in [1.54, 1.807) is 7.05 Å². The first kappa shape index (κ1) is 14.8. The maximum Gasteiger partial charge on any atom is 0.390 e. The van der Waals surface area contributed by atoms with Crippen molar-refractivity contribution >= 4 is 0 Å². The molecule has 0 aromatic heterocycles. The van der Waals surface area contributed by atoms with Gasteiger partial charge in [0.05, 0.1) is 6.42 Å². The molecule has 0 atom stereocenters. The monoisotopic (exact) mass is 252 g/mol. The van der Waals surface area contributed by atoms with E-state index < -0.39 is 12.6 Å². The molecule has 0 saturated heterocycles. The first-order valence-electron chi connectivity index (χ1n) is 6.38. The second-order valence-corrected chi connectivity index (χ2v) is 5.13. The zero-order valence-corrected chi connectivity index (χ0v) is 10.5. The van der Waals surface area contributed by atoms with Crippen molar-refractivity contribution in [2.45, 2.75) is 56.7 Å². The summed E-state index contributed by atoms with van der Waals surface area (Å²) in [4.78, 5) is 1.84. The Morgan fingerprint density at radius 3 is 2.06 bits per heavy atom. The number of hydrogen-bond acceptors (Lipinski definition) is 2. The SMILES string of the molecule is CN(CCC(F)(F)F)C1(CN)CCCCCC1. The van der Waals surface area contributed by atoms with Crippen molar-refractivity contribution in [3.05, 3.63) is 0 Å². The minimum atomic E-state index is -4.07. The molecule has 2 nitrogen and oxygen atoms in total. The zero-order chi connectivity index (χ0) is 12.9. The Labute approximate surface area is 101 Å². The molecule has 5 heteroatoms. The van der Waals surface area contributed by atoms with Gasteiger partial charge < -0.3 is 5.73 Å². The van der Waals surface area contributed by atoms with Gasteiger partial charge in [0.1, 0.15) is 0 Å². The Balaban J connectivity index is 2.57. The summed E-state index contributed by atoms with van der Waals surface area (Å²) in [6.07, 6.45) is 1.54. The van der Waals surface area contributed by atoms with Gasteiger partial charge in [-0.05, 0) is 19.9 Å². The predicted molar refractivity (Wildman–Crippen MR) is 62.8 cm³/mol. The summed E-state index contributed by atoms with van der Waals surface area (Å²) in [5.74, 6) is 0. The molecule has 0 radical (unpaired) electrons. The van der Waals surface area contributed by atoms with Gasteiger partial charge in [-0.2, -0.15) is 13.2 Å². The van der Waals surface area contributed by atoms with Crippen LogP contribution in [0.2, 0.25) is 0 Å². The van der Waals surface area contributed by atoms with Crippen molar-refractivity contribution < 1.29 is 13.2 Å². The number of alkyl halides is 3. The van der Waals surface area contributed by atoms with E-state index in [1.165, 1.54) is 12.8 Å². The molecular formula is C12H23F3N2. The van der Waals surface area contributed by atoms with Crippen LogP contribution in [0.5, 0.6) is 0 Å². The van der Waals surface area contributed by atoms with E-state index in [0.29, 0.717) is 6.54 Å². The molecule has 102 valence electrons. The van der Waals surface area contributed by atoms with E-state index in [4.69, 9.17) is 5.73 Å². The van der Waals surface area contributed by atoms with Crippen LogP contribution in [0.15, 0.2) is 0 Å². The molecule has 0 bridgehead atoms. The first-order valence-corrected chi connectivity index (χ1v) is 6.38. The van der Waals surface area contributed by atoms with Crippen molar-refractivity contribution in [1.29, 1.82) is 0 Å². The average Bonchev–Trinajstić information content (AvgIpc) is 2.51. The molecule has 0 aliphatic heterocycles. The van der Waals surface area contributed by atoms with Gasteiger partial charge in [-0.3, -0.25) is 4.90 Å². The quantitative estimate of drug-likeness (QED) is 0.779. The highest BCUT2D eigenvalue weighted by atomic mass is 19.4. The van der Waals surface area contributed by atoms with E-state index in [9.17, 15) is 13.2 Å². The Morgan fingerprint density at radius 2 is 1.65 bits per heavy atom. The Morgan fingerprint density at radius 1 is 1.12 bits per heavy atom. The van der Waals surface area contributed by atoms with Gasteiger partial charge in [-0.25, -0.2) is 0 Å². The minimum absolute atomic E-state index is 0.0562. The topological polar surface area (TPSA) is 29.3 Å². The molecule has 0 heterocycles. The first-order chi connectivity index (χ1) is 7.90. The molecule has 0 aromatic carbocycles. The lowest BCUT2D eigenvalue weighted by atomic mass is 9.88. The zero-order valence-electron chi connectivity index (χ0n) is 10.5. The van der Waals surface area contributed by atoms with Crippen LogP contribution in [-0.2, 0) is 0 Å². The largest absolute Gasteiger partial charge is 0.390 e. The summed E-state index contributed by atoms with van der Waals surface area (Å²) >= 11 is 0. The van der Waals surface area contributed by atoms with Gasteiger partial charge in [0.25, 0.3) is 0 Å². The second kappa shape index (κ2) is 6.05. The fourth-order valence-electron chi connectivity index (χ4n) is 2.66. The summed E-state index contributed by atoms with van der Waals surface area (Å²) in [5.41, 5.74) is 5.62. The smallest absolute Gasteiger partial charge is 0.329 e. The number of likely N-dealkylation sites (N-methyl/N-ethyl adjacent to an activating group) is 1. The Bertz CT molecular complexity index is 220. The van der Waals surface area contributed by atoms with Gasteiger partial charge in [-0.1, -0.05) is 25.7 Å². The molecule has 1 saturated carbocycles. The third-order valence-corrected chi connectivity index (χ3v) is 3.95. The van der Waals surface area contributed by atoms with Crippen LogP contribution in [0.25, 0.3) is 0 Å². The van der Waals surface area contributed by atoms with Gasteiger partial charge in [-0.15, -0.1) is 0 Å². The number of nitrogens with zero attached hydrogens (tertiary/aromatic N) is 1. The van der Waals surface area contributed by atoms with Crippen LogP contribution in [0, 0.1) is 0 Å². The van der Waals surface area contributed by atoms with E-state index in [0.717, 1.165) is 25.7 Å². The number of nitrogens with two attached hydrogens (primary N) is 1. The van der Waals surface area contributed by atoms with Crippen molar-refractivity contribution in [2.24, 2.45) is 5.73 Å². The molecule has 2 N–H and O–H groups in total. The van der Waals surface area contributed by atoms with E-state index >= 15 is 0 Å². The molecule has 17 heavy (non-hydrogen) atoms. The van der Waals surface area contributed by atoms with Gasteiger partial charge in [0, 0.05) is 18.6 Å². The minimum Gasteiger partial charge on any atom is -0.329 e. The highest BCUT2D eigenvalue weighted by Crippen LogP contribution is 2.32. The predicted octanol–water partition coefficient (Wildman–Crippen LogP) is 2.92. The highest BCUT2D eigenvalue weighted by molar-refractivity contribution is 4.91. The summed E-state index contributed by atoms with van der Waals surface area (Å²) in [6.45, 7) is 0.516. The van der Waals surface area contributed by atoms with E-state index in [-0.39, 0.29) is 12.1 Å². The van der Waals surface area contributed by atoms with Crippen molar-refractivity contribution in [1.82, 2.24) is 4.90 Å². The van der Waals surface area contributed by atoms with Crippen LogP contribution in [0.4, 0.5) is 13.2 Å². The van der Waals surface area contributed by atoms with E-state index in [1.807, 2.05) is 4.90 Å². The number of halogens is 3. The van der Waals surface area contributed by atoms with Gasteiger partial charge in [0.15, 0.2) is 0 Å². The Kier molecular flexibility index (Phi) is 5.25. The average molecular weight is 252 g/mol. The lowest BCUT2D eigenvalue weighted by Gasteiger charge is -2.41. The Hall–Kier alpha value is -0.290. The molecule has 0 aromatic rings. The summed E-state index contributed by atoms with van der Waals surface area (Å²) in [5, 5.41) is 0. The fourth-order valence-corrected chi connectivity index (χ4v) is 2.66.